The summed E-state index contributed by atoms with van der Waals surface area (Å²) in [5, 5.41) is 2.54. The zero-order chi connectivity index (χ0) is 14.7. The number of hydrogen-bond donors (Lipinski definition) is 1. The van der Waals surface area contributed by atoms with Crippen LogP contribution in [0, 0.1) is 0 Å². The number of halogens is 1. The van der Waals surface area contributed by atoms with E-state index < -0.39 is 0 Å². The van der Waals surface area contributed by atoms with Gasteiger partial charge in [0.15, 0.2) is 0 Å². The Morgan fingerprint density at radius 3 is 2.48 bits per heavy atom. The Labute approximate surface area is 133 Å². The summed E-state index contributed by atoms with van der Waals surface area (Å²) in [7, 11) is 0. The molecule has 0 spiro atoms. The number of nitrogens with two attached hydrogens (primary N) is 1. The van der Waals surface area contributed by atoms with Crippen molar-refractivity contribution in [3.8, 4) is 0 Å². The van der Waals surface area contributed by atoms with E-state index in [1.807, 2.05) is 6.20 Å². The van der Waals surface area contributed by atoms with Gasteiger partial charge in [0.1, 0.15) is 0 Å². The maximum Gasteiger partial charge on any atom is 0.0410 e. The number of hydrogen-bond acceptors (Lipinski definition) is 2. The molecular formula is C18H17BrN2. The summed E-state index contributed by atoms with van der Waals surface area (Å²) in [4.78, 5) is 4.18. The molecule has 0 fully saturated rings. The number of nitrogens with zero attached hydrogens (tertiary/aromatic N) is 1. The van der Waals surface area contributed by atoms with E-state index in [-0.39, 0.29) is 6.04 Å². The van der Waals surface area contributed by atoms with Crippen molar-refractivity contribution in [2.24, 2.45) is 5.73 Å². The molecule has 3 heteroatoms. The molecule has 0 aliphatic carbocycles. The van der Waals surface area contributed by atoms with Gasteiger partial charge in [-0.25, -0.2) is 0 Å². The van der Waals surface area contributed by atoms with Crippen molar-refractivity contribution in [3.63, 3.8) is 0 Å². The lowest BCUT2D eigenvalue weighted by atomic mass is 9.98. The molecule has 1 unspecified atom stereocenters. The SMILES string of the molecule is NC(Cc1cncc(Br)c1)Cc1ccc2ccccc2c1. The number of aromatic nitrogens is 1. The van der Waals surface area contributed by atoms with Gasteiger partial charge >= 0.3 is 0 Å². The third-order valence-corrected chi connectivity index (χ3v) is 4.00. The van der Waals surface area contributed by atoms with Gasteiger partial charge < -0.3 is 5.73 Å². The standard InChI is InChI=1S/C18H17BrN2/c19-17-8-14(11-21-12-17)10-18(20)9-13-5-6-15-3-1-2-4-16(15)7-13/h1-8,11-12,18H,9-10,20H2. The second-order valence-electron chi connectivity index (χ2n) is 5.36. The second kappa shape index (κ2) is 6.37. The first-order valence-corrected chi connectivity index (χ1v) is 7.83. The average Bonchev–Trinajstić information content (AvgIpc) is 2.47. The lowest BCUT2D eigenvalue weighted by Gasteiger charge is -2.12. The summed E-state index contributed by atoms with van der Waals surface area (Å²) in [5.74, 6) is 0. The molecule has 0 amide bonds. The summed E-state index contributed by atoms with van der Waals surface area (Å²) >= 11 is 3.44. The highest BCUT2D eigenvalue weighted by Crippen LogP contribution is 2.17. The van der Waals surface area contributed by atoms with Crippen molar-refractivity contribution < 1.29 is 0 Å². The van der Waals surface area contributed by atoms with E-state index >= 15 is 0 Å². The maximum absolute atomic E-state index is 6.29. The topological polar surface area (TPSA) is 38.9 Å². The van der Waals surface area contributed by atoms with Crippen LogP contribution in [0.1, 0.15) is 11.1 Å². The molecule has 2 N–H and O–H groups in total. The fourth-order valence-corrected chi connectivity index (χ4v) is 3.02. The summed E-state index contributed by atoms with van der Waals surface area (Å²) in [5.41, 5.74) is 8.73. The fourth-order valence-electron chi connectivity index (χ4n) is 2.61. The Kier molecular flexibility index (Phi) is 4.32. The largest absolute Gasteiger partial charge is 0.327 e. The predicted octanol–water partition coefficient (Wildman–Crippen LogP) is 4.11. The Balaban J connectivity index is 1.72. The third kappa shape index (κ3) is 3.69. The molecule has 2 nitrogen and oxygen atoms in total. The molecular weight excluding hydrogens is 324 g/mol. The minimum Gasteiger partial charge on any atom is -0.327 e. The van der Waals surface area contributed by atoms with Gasteiger partial charge in [-0.05, 0) is 56.7 Å². The van der Waals surface area contributed by atoms with Gasteiger partial charge in [0.05, 0.1) is 0 Å². The molecule has 106 valence electrons. The van der Waals surface area contributed by atoms with E-state index in [0.717, 1.165) is 22.9 Å². The predicted molar refractivity (Wildman–Crippen MR) is 91.3 cm³/mol. The van der Waals surface area contributed by atoms with E-state index in [4.69, 9.17) is 5.73 Å². The van der Waals surface area contributed by atoms with Crippen molar-refractivity contribution in [1.82, 2.24) is 4.98 Å². The molecule has 1 heterocycles. The van der Waals surface area contributed by atoms with Crippen molar-refractivity contribution in [1.29, 1.82) is 0 Å². The van der Waals surface area contributed by atoms with Gasteiger partial charge in [0, 0.05) is 22.9 Å². The van der Waals surface area contributed by atoms with E-state index in [1.165, 1.54) is 16.3 Å². The Hall–Kier alpha value is -1.71. The second-order valence-corrected chi connectivity index (χ2v) is 6.28. The fraction of sp³-hybridized carbons (Fsp3) is 0.167. The molecule has 1 atom stereocenters. The Bertz CT molecular complexity index is 755. The Morgan fingerprint density at radius 2 is 1.67 bits per heavy atom. The van der Waals surface area contributed by atoms with Crippen molar-refractivity contribution >= 4 is 26.7 Å². The maximum atomic E-state index is 6.29. The quantitative estimate of drug-likeness (QED) is 0.776. The summed E-state index contributed by atoms with van der Waals surface area (Å²) in [6.07, 6.45) is 5.37. The molecule has 0 radical (unpaired) electrons. The molecule has 3 aromatic rings. The van der Waals surface area contributed by atoms with Gasteiger partial charge in [-0.2, -0.15) is 0 Å². The number of fused-ring (bicyclic) bond motifs is 1. The van der Waals surface area contributed by atoms with Crippen LogP contribution >= 0.6 is 15.9 Å². The molecule has 0 aliphatic rings. The van der Waals surface area contributed by atoms with Crippen LogP contribution in [-0.4, -0.2) is 11.0 Å². The lowest BCUT2D eigenvalue weighted by molar-refractivity contribution is 0.663. The van der Waals surface area contributed by atoms with Gasteiger partial charge in [-0.3, -0.25) is 4.98 Å². The highest BCUT2D eigenvalue weighted by molar-refractivity contribution is 9.10. The average molecular weight is 341 g/mol. The highest BCUT2D eigenvalue weighted by atomic mass is 79.9. The van der Waals surface area contributed by atoms with Crippen LogP contribution in [0.2, 0.25) is 0 Å². The molecule has 3 rings (SSSR count). The number of pyridine rings is 1. The van der Waals surface area contributed by atoms with Crippen LogP contribution in [0.4, 0.5) is 0 Å². The van der Waals surface area contributed by atoms with Crippen LogP contribution in [-0.2, 0) is 12.8 Å². The van der Waals surface area contributed by atoms with E-state index in [1.54, 1.807) is 6.20 Å². The van der Waals surface area contributed by atoms with Crippen molar-refractivity contribution in [3.05, 3.63) is 76.5 Å². The summed E-state index contributed by atoms with van der Waals surface area (Å²) in [6, 6.07) is 17.1. The third-order valence-electron chi connectivity index (χ3n) is 3.57. The van der Waals surface area contributed by atoms with Gasteiger partial charge in [-0.15, -0.1) is 0 Å². The smallest absolute Gasteiger partial charge is 0.0410 e. The van der Waals surface area contributed by atoms with Crippen LogP contribution in [0.5, 0.6) is 0 Å². The summed E-state index contributed by atoms with van der Waals surface area (Å²) in [6.45, 7) is 0. The normalized spacial score (nSPS) is 12.5. The summed E-state index contributed by atoms with van der Waals surface area (Å²) < 4.78 is 0.998. The van der Waals surface area contributed by atoms with Gasteiger partial charge in [0.25, 0.3) is 0 Å². The first kappa shape index (κ1) is 14.2. The molecule has 0 bridgehead atoms. The van der Waals surface area contributed by atoms with Crippen LogP contribution < -0.4 is 5.73 Å². The molecule has 0 aliphatic heterocycles. The Morgan fingerprint density at radius 1 is 0.905 bits per heavy atom. The minimum atomic E-state index is 0.0993. The molecule has 0 saturated carbocycles. The molecule has 21 heavy (non-hydrogen) atoms. The highest BCUT2D eigenvalue weighted by Gasteiger charge is 2.07. The number of rotatable bonds is 4. The van der Waals surface area contributed by atoms with Gasteiger partial charge in [0.2, 0.25) is 0 Å². The minimum absolute atomic E-state index is 0.0993. The van der Waals surface area contributed by atoms with E-state index in [9.17, 15) is 0 Å². The molecule has 2 aromatic carbocycles. The van der Waals surface area contributed by atoms with E-state index in [2.05, 4.69) is 69.4 Å². The first-order chi connectivity index (χ1) is 10.2. The number of benzene rings is 2. The molecule has 0 saturated heterocycles. The van der Waals surface area contributed by atoms with E-state index in [0.29, 0.717) is 0 Å². The lowest BCUT2D eigenvalue weighted by Crippen LogP contribution is -2.25. The van der Waals surface area contributed by atoms with Crippen LogP contribution in [0.3, 0.4) is 0 Å². The van der Waals surface area contributed by atoms with Crippen molar-refractivity contribution in [2.75, 3.05) is 0 Å². The molecule has 1 aromatic heterocycles. The monoisotopic (exact) mass is 340 g/mol. The van der Waals surface area contributed by atoms with Gasteiger partial charge in [-0.1, -0.05) is 42.5 Å². The van der Waals surface area contributed by atoms with Crippen molar-refractivity contribution in [2.45, 2.75) is 18.9 Å². The van der Waals surface area contributed by atoms with Crippen LogP contribution in [0.15, 0.2) is 65.4 Å². The zero-order valence-corrected chi connectivity index (χ0v) is 13.3. The van der Waals surface area contributed by atoms with Crippen LogP contribution in [0.25, 0.3) is 10.8 Å². The first-order valence-electron chi connectivity index (χ1n) is 7.03. The zero-order valence-electron chi connectivity index (χ0n) is 11.7.